The highest BCUT2D eigenvalue weighted by atomic mass is 16.6. The Morgan fingerprint density at radius 3 is 2.61 bits per heavy atom. The van der Waals surface area contributed by atoms with E-state index in [2.05, 4.69) is 10.1 Å². The summed E-state index contributed by atoms with van der Waals surface area (Å²) in [5.74, 6) is -0.454. The fraction of sp³-hybridized carbons (Fsp3) is 0.833. The molecule has 1 unspecified atom stereocenters. The van der Waals surface area contributed by atoms with E-state index in [-0.39, 0.29) is 24.5 Å². The van der Waals surface area contributed by atoms with Crippen LogP contribution in [0.25, 0.3) is 0 Å². The molecule has 18 heavy (non-hydrogen) atoms. The molecule has 1 heterocycles. The third kappa shape index (κ3) is 5.97. The molecule has 104 valence electrons. The molecule has 1 rings (SSSR count). The Balaban J connectivity index is 2.28. The Morgan fingerprint density at radius 2 is 2.11 bits per heavy atom. The van der Waals surface area contributed by atoms with Crippen LogP contribution < -0.4 is 5.32 Å². The molecule has 0 aliphatic carbocycles. The van der Waals surface area contributed by atoms with Crippen LogP contribution in [0.2, 0.25) is 0 Å². The molecule has 0 aromatic heterocycles. The van der Waals surface area contributed by atoms with Gasteiger partial charge in [-0.3, -0.25) is 4.79 Å². The second-order valence-electron chi connectivity index (χ2n) is 4.74. The van der Waals surface area contributed by atoms with E-state index in [4.69, 9.17) is 9.47 Å². The van der Waals surface area contributed by atoms with Crippen molar-refractivity contribution < 1.29 is 23.8 Å². The average Bonchev–Trinajstić information content (AvgIpc) is 3.10. The number of carbonyl (C=O) groups is 2. The fourth-order valence-corrected chi connectivity index (χ4v) is 1.51. The monoisotopic (exact) mass is 259 g/mol. The Hall–Kier alpha value is -1.14. The number of methoxy groups -OCH3 is 1. The molecule has 0 saturated carbocycles. The first-order valence-corrected chi connectivity index (χ1v) is 6.09. The second kappa shape index (κ2) is 7.33. The summed E-state index contributed by atoms with van der Waals surface area (Å²) in [5.41, 5.74) is 0. The van der Waals surface area contributed by atoms with Crippen LogP contribution >= 0.6 is 0 Å². The first-order valence-electron chi connectivity index (χ1n) is 6.09. The van der Waals surface area contributed by atoms with Crippen molar-refractivity contribution in [1.82, 2.24) is 5.32 Å². The number of rotatable bonds is 8. The van der Waals surface area contributed by atoms with Crippen molar-refractivity contribution in [2.24, 2.45) is 5.92 Å². The van der Waals surface area contributed by atoms with Gasteiger partial charge in [-0.25, -0.2) is 4.79 Å². The van der Waals surface area contributed by atoms with Crippen molar-refractivity contribution in [3.05, 3.63) is 0 Å². The summed E-state index contributed by atoms with van der Waals surface area (Å²) in [5, 5.41) is 2.61. The Kier molecular flexibility index (Phi) is 6.07. The van der Waals surface area contributed by atoms with E-state index in [1.165, 1.54) is 7.11 Å². The Labute approximate surface area is 107 Å². The average molecular weight is 259 g/mol. The zero-order chi connectivity index (χ0) is 13.5. The molecule has 1 amide bonds. The standard InChI is InChI=1S/C12H21NO5/c1-8(2)4-10(12(15)16-3)13-11(14)7-17-5-9-6-18-9/h8-10H,4-7H2,1-3H3,(H,13,14)/t9?,10-/m0/s1. The topological polar surface area (TPSA) is 77.2 Å². The summed E-state index contributed by atoms with van der Waals surface area (Å²) >= 11 is 0. The van der Waals surface area contributed by atoms with E-state index in [9.17, 15) is 9.59 Å². The van der Waals surface area contributed by atoms with E-state index >= 15 is 0 Å². The summed E-state index contributed by atoms with van der Waals surface area (Å²) in [6, 6.07) is -0.608. The molecule has 6 nitrogen and oxygen atoms in total. The van der Waals surface area contributed by atoms with Crippen molar-refractivity contribution in [3.8, 4) is 0 Å². The number of hydrogen-bond donors (Lipinski definition) is 1. The lowest BCUT2D eigenvalue weighted by Gasteiger charge is -2.18. The molecule has 0 aromatic rings. The molecule has 6 heteroatoms. The summed E-state index contributed by atoms with van der Waals surface area (Å²) in [4.78, 5) is 23.0. The van der Waals surface area contributed by atoms with Gasteiger partial charge in [0.1, 0.15) is 18.8 Å². The number of epoxide rings is 1. The largest absolute Gasteiger partial charge is 0.467 e. The molecule has 2 atom stereocenters. The van der Waals surface area contributed by atoms with Crippen LogP contribution in [0.15, 0.2) is 0 Å². The van der Waals surface area contributed by atoms with Crippen molar-refractivity contribution in [1.29, 1.82) is 0 Å². The van der Waals surface area contributed by atoms with Gasteiger partial charge in [-0.15, -0.1) is 0 Å². The summed E-state index contributed by atoms with van der Waals surface area (Å²) < 4.78 is 14.8. The normalized spacial score (nSPS) is 19.4. The lowest BCUT2D eigenvalue weighted by molar-refractivity contribution is -0.146. The number of hydrogen-bond acceptors (Lipinski definition) is 5. The molecular formula is C12H21NO5. The van der Waals surface area contributed by atoms with E-state index in [1.54, 1.807) is 0 Å². The maximum Gasteiger partial charge on any atom is 0.328 e. The summed E-state index contributed by atoms with van der Waals surface area (Å²) in [7, 11) is 1.31. The minimum atomic E-state index is -0.608. The number of ether oxygens (including phenoxy) is 3. The highest BCUT2D eigenvalue weighted by Gasteiger charge is 2.24. The highest BCUT2D eigenvalue weighted by Crippen LogP contribution is 2.08. The van der Waals surface area contributed by atoms with Gasteiger partial charge in [-0.2, -0.15) is 0 Å². The maximum absolute atomic E-state index is 11.6. The van der Waals surface area contributed by atoms with E-state index < -0.39 is 12.0 Å². The molecule has 1 saturated heterocycles. The molecule has 1 aliphatic heterocycles. The Morgan fingerprint density at radius 1 is 1.44 bits per heavy atom. The van der Waals surface area contributed by atoms with Gasteiger partial charge in [-0.1, -0.05) is 13.8 Å². The zero-order valence-corrected chi connectivity index (χ0v) is 11.1. The minimum Gasteiger partial charge on any atom is -0.467 e. The van der Waals surface area contributed by atoms with Gasteiger partial charge in [0.2, 0.25) is 5.91 Å². The molecule has 0 spiro atoms. The number of esters is 1. The molecular weight excluding hydrogens is 238 g/mol. The van der Waals surface area contributed by atoms with Crippen LogP contribution in [-0.4, -0.2) is 51.0 Å². The lowest BCUT2D eigenvalue weighted by Crippen LogP contribution is -2.44. The molecule has 0 aromatic carbocycles. The van der Waals surface area contributed by atoms with Gasteiger partial charge < -0.3 is 19.5 Å². The quantitative estimate of drug-likeness (QED) is 0.494. The number of nitrogens with one attached hydrogen (secondary N) is 1. The van der Waals surface area contributed by atoms with Gasteiger partial charge in [0.15, 0.2) is 0 Å². The fourth-order valence-electron chi connectivity index (χ4n) is 1.51. The minimum absolute atomic E-state index is 0.0640. The van der Waals surface area contributed by atoms with Gasteiger partial charge in [0.25, 0.3) is 0 Å². The predicted molar refractivity (Wildman–Crippen MR) is 64.0 cm³/mol. The van der Waals surface area contributed by atoms with Gasteiger partial charge in [0, 0.05) is 0 Å². The van der Waals surface area contributed by atoms with Gasteiger partial charge >= 0.3 is 5.97 Å². The first kappa shape index (κ1) is 14.9. The lowest BCUT2D eigenvalue weighted by atomic mass is 10.0. The predicted octanol–water partition coefficient (Wildman–Crippen LogP) is 0.106. The second-order valence-corrected chi connectivity index (χ2v) is 4.74. The van der Waals surface area contributed by atoms with Crippen molar-refractivity contribution >= 4 is 11.9 Å². The van der Waals surface area contributed by atoms with Gasteiger partial charge in [-0.05, 0) is 12.3 Å². The van der Waals surface area contributed by atoms with Crippen LogP contribution in [-0.2, 0) is 23.8 Å². The highest BCUT2D eigenvalue weighted by molar-refractivity contribution is 5.85. The third-order valence-electron chi connectivity index (χ3n) is 2.47. The van der Waals surface area contributed by atoms with Crippen LogP contribution in [0.3, 0.4) is 0 Å². The third-order valence-corrected chi connectivity index (χ3v) is 2.47. The van der Waals surface area contributed by atoms with Crippen LogP contribution in [0, 0.1) is 5.92 Å². The van der Waals surface area contributed by atoms with Crippen molar-refractivity contribution in [2.45, 2.75) is 32.4 Å². The van der Waals surface area contributed by atoms with E-state index in [0.717, 1.165) is 0 Å². The maximum atomic E-state index is 11.6. The summed E-state index contributed by atoms with van der Waals surface area (Å²) in [6.45, 7) is 5.00. The van der Waals surface area contributed by atoms with E-state index in [0.29, 0.717) is 19.6 Å². The first-order chi connectivity index (χ1) is 8.52. The molecule has 1 aliphatic rings. The summed E-state index contributed by atoms with van der Waals surface area (Å²) in [6.07, 6.45) is 0.675. The Bertz CT molecular complexity index is 288. The molecule has 0 radical (unpaired) electrons. The van der Waals surface area contributed by atoms with Crippen LogP contribution in [0.5, 0.6) is 0 Å². The number of carbonyl (C=O) groups excluding carboxylic acids is 2. The van der Waals surface area contributed by atoms with Gasteiger partial charge in [0.05, 0.1) is 20.3 Å². The van der Waals surface area contributed by atoms with Crippen molar-refractivity contribution in [3.63, 3.8) is 0 Å². The van der Waals surface area contributed by atoms with E-state index in [1.807, 2.05) is 13.8 Å². The zero-order valence-electron chi connectivity index (χ0n) is 11.1. The van der Waals surface area contributed by atoms with Crippen LogP contribution in [0.4, 0.5) is 0 Å². The molecule has 0 bridgehead atoms. The molecule has 1 fully saturated rings. The van der Waals surface area contributed by atoms with Crippen LogP contribution in [0.1, 0.15) is 20.3 Å². The van der Waals surface area contributed by atoms with Crippen molar-refractivity contribution in [2.75, 3.05) is 26.9 Å². The number of amides is 1. The molecule has 1 N–H and O–H groups in total. The SMILES string of the molecule is COC(=O)[C@H](CC(C)C)NC(=O)COCC1CO1. The smallest absolute Gasteiger partial charge is 0.328 e.